The minimum absolute atomic E-state index is 0.0726. The van der Waals surface area contributed by atoms with Crippen molar-refractivity contribution in [3.63, 3.8) is 0 Å². The van der Waals surface area contributed by atoms with Gasteiger partial charge in [0.1, 0.15) is 0 Å². The third-order valence-corrected chi connectivity index (χ3v) is 3.05. The minimum Gasteiger partial charge on any atom is -0.459 e. The molecule has 24 heavy (non-hydrogen) atoms. The normalized spacial score (nSPS) is 11.4. The summed E-state index contributed by atoms with van der Waals surface area (Å²) in [7, 11) is 0. The highest BCUT2D eigenvalue weighted by Crippen LogP contribution is 2.26. The van der Waals surface area contributed by atoms with Crippen LogP contribution in [0.1, 0.15) is 16.1 Å². The van der Waals surface area contributed by atoms with Crippen LogP contribution >= 0.6 is 0 Å². The molecule has 1 aromatic carbocycles. The van der Waals surface area contributed by atoms with Crippen LogP contribution in [0, 0.1) is 6.92 Å². The molecule has 0 bridgehead atoms. The standard InChI is InChI=1S/C15H12F4N2O3/c1-8-7-9(20-14(23)15(18,19)13(16)17)4-5-10(8)21-12(22)11-3-2-6-24-11/h2-7,13H,1H3,(H,20,23)(H,21,22). The Morgan fingerprint density at radius 1 is 1.17 bits per heavy atom. The van der Waals surface area contributed by atoms with Gasteiger partial charge in [-0.25, -0.2) is 8.78 Å². The molecule has 9 heteroatoms. The lowest BCUT2D eigenvalue weighted by Crippen LogP contribution is -2.41. The highest BCUT2D eigenvalue weighted by molar-refractivity contribution is 6.03. The first-order valence-corrected chi connectivity index (χ1v) is 6.64. The summed E-state index contributed by atoms with van der Waals surface area (Å²) in [5.41, 5.74) is 0.664. The van der Waals surface area contributed by atoms with Crippen LogP contribution in [-0.2, 0) is 4.79 Å². The average Bonchev–Trinajstić information content (AvgIpc) is 3.04. The third kappa shape index (κ3) is 3.73. The van der Waals surface area contributed by atoms with Gasteiger partial charge in [-0.3, -0.25) is 9.59 Å². The van der Waals surface area contributed by atoms with Crippen LogP contribution in [0.2, 0.25) is 0 Å². The number of furan rings is 1. The van der Waals surface area contributed by atoms with Gasteiger partial charge in [0.2, 0.25) is 0 Å². The Morgan fingerprint density at radius 3 is 2.42 bits per heavy atom. The molecule has 0 aliphatic carbocycles. The smallest absolute Gasteiger partial charge is 0.383 e. The lowest BCUT2D eigenvalue weighted by molar-refractivity contribution is -0.163. The number of carbonyl (C=O) groups excluding carboxylic acids is 2. The number of benzene rings is 1. The zero-order chi connectivity index (χ0) is 17.9. The van der Waals surface area contributed by atoms with Gasteiger partial charge in [-0.05, 0) is 42.8 Å². The van der Waals surface area contributed by atoms with Crippen LogP contribution in [0.3, 0.4) is 0 Å². The van der Waals surface area contributed by atoms with Crippen molar-refractivity contribution in [1.82, 2.24) is 0 Å². The lowest BCUT2D eigenvalue weighted by Gasteiger charge is -2.15. The van der Waals surface area contributed by atoms with E-state index in [1.807, 2.05) is 0 Å². The van der Waals surface area contributed by atoms with Crippen LogP contribution in [0.25, 0.3) is 0 Å². The Kier molecular flexibility index (Phi) is 4.91. The second kappa shape index (κ2) is 6.73. The molecule has 2 N–H and O–H groups in total. The zero-order valence-corrected chi connectivity index (χ0v) is 12.3. The van der Waals surface area contributed by atoms with Gasteiger partial charge in [-0.15, -0.1) is 0 Å². The van der Waals surface area contributed by atoms with Crippen molar-refractivity contribution in [1.29, 1.82) is 0 Å². The zero-order valence-electron chi connectivity index (χ0n) is 12.3. The molecule has 0 atom stereocenters. The van der Waals surface area contributed by atoms with Crippen molar-refractivity contribution in [3.05, 3.63) is 47.9 Å². The number of amides is 2. The predicted octanol–water partition coefficient (Wildman–Crippen LogP) is 3.68. The van der Waals surface area contributed by atoms with Gasteiger partial charge in [0.25, 0.3) is 5.91 Å². The van der Waals surface area contributed by atoms with E-state index in [1.165, 1.54) is 36.6 Å². The van der Waals surface area contributed by atoms with Gasteiger partial charge in [-0.2, -0.15) is 8.78 Å². The molecular formula is C15H12F4N2O3. The van der Waals surface area contributed by atoms with E-state index in [0.717, 1.165) is 0 Å². The summed E-state index contributed by atoms with van der Waals surface area (Å²) in [6.45, 7) is 1.54. The van der Waals surface area contributed by atoms with E-state index < -0.39 is 24.2 Å². The summed E-state index contributed by atoms with van der Waals surface area (Å²) in [5.74, 6) is -7.35. The molecule has 2 aromatic rings. The van der Waals surface area contributed by atoms with Gasteiger partial charge in [0, 0.05) is 11.4 Å². The molecule has 0 spiro atoms. The van der Waals surface area contributed by atoms with Crippen molar-refractivity contribution in [2.45, 2.75) is 19.3 Å². The molecule has 2 rings (SSSR count). The Bertz CT molecular complexity index is 745. The van der Waals surface area contributed by atoms with Crippen molar-refractivity contribution in [2.24, 2.45) is 0 Å². The minimum atomic E-state index is -4.79. The summed E-state index contributed by atoms with van der Waals surface area (Å²) in [6, 6.07) is 6.78. The van der Waals surface area contributed by atoms with Crippen LogP contribution in [-0.4, -0.2) is 24.2 Å². The fraction of sp³-hybridized carbons (Fsp3) is 0.200. The summed E-state index contributed by atoms with van der Waals surface area (Å²) in [6.07, 6.45) is -2.78. The van der Waals surface area contributed by atoms with E-state index in [9.17, 15) is 27.2 Å². The fourth-order valence-electron chi connectivity index (χ4n) is 1.79. The summed E-state index contributed by atoms with van der Waals surface area (Å²) in [4.78, 5) is 23.0. The van der Waals surface area contributed by atoms with Gasteiger partial charge >= 0.3 is 18.3 Å². The number of halogens is 4. The molecule has 0 fully saturated rings. The highest BCUT2D eigenvalue weighted by atomic mass is 19.3. The first kappa shape index (κ1) is 17.5. The quantitative estimate of drug-likeness (QED) is 0.813. The Balaban J connectivity index is 2.10. The Morgan fingerprint density at radius 2 is 1.88 bits per heavy atom. The summed E-state index contributed by atoms with van der Waals surface area (Å²) < 4.78 is 55.0. The topological polar surface area (TPSA) is 71.3 Å². The van der Waals surface area contributed by atoms with Crippen molar-refractivity contribution in [2.75, 3.05) is 10.6 Å². The average molecular weight is 344 g/mol. The molecule has 5 nitrogen and oxygen atoms in total. The van der Waals surface area contributed by atoms with E-state index in [-0.39, 0.29) is 11.4 Å². The summed E-state index contributed by atoms with van der Waals surface area (Å²) in [5, 5.41) is 4.24. The molecule has 128 valence electrons. The molecular weight excluding hydrogens is 332 g/mol. The lowest BCUT2D eigenvalue weighted by atomic mass is 10.1. The second-order valence-corrected chi connectivity index (χ2v) is 4.84. The van der Waals surface area contributed by atoms with E-state index in [0.29, 0.717) is 11.3 Å². The molecule has 1 heterocycles. The Hall–Kier alpha value is -2.84. The summed E-state index contributed by atoms with van der Waals surface area (Å²) >= 11 is 0. The van der Waals surface area contributed by atoms with E-state index in [1.54, 1.807) is 12.2 Å². The maximum absolute atomic E-state index is 12.9. The van der Waals surface area contributed by atoms with Crippen molar-refractivity contribution >= 4 is 23.2 Å². The molecule has 0 aliphatic heterocycles. The highest BCUT2D eigenvalue weighted by Gasteiger charge is 2.48. The number of carbonyl (C=O) groups is 2. The molecule has 0 aliphatic rings. The molecule has 0 saturated heterocycles. The van der Waals surface area contributed by atoms with E-state index in [2.05, 4.69) is 5.32 Å². The van der Waals surface area contributed by atoms with Gasteiger partial charge in [0.15, 0.2) is 5.76 Å². The largest absolute Gasteiger partial charge is 0.459 e. The van der Waals surface area contributed by atoms with Crippen LogP contribution in [0.15, 0.2) is 41.0 Å². The van der Waals surface area contributed by atoms with Crippen LogP contribution in [0.5, 0.6) is 0 Å². The molecule has 1 aromatic heterocycles. The molecule has 0 unspecified atom stereocenters. The van der Waals surface area contributed by atoms with Crippen molar-refractivity contribution in [3.8, 4) is 0 Å². The number of hydrogen-bond donors (Lipinski definition) is 2. The second-order valence-electron chi connectivity index (χ2n) is 4.84. The molecule has 0 radical (unpaired) electrons. The third-order valence-electron chi connectivity index (χ3n) is 3.05. The molecule has 0 saturated carbocycles. The maximum Gasteiger partial charge on any atom is 0.383 e. The molecule has 2 amide bonds. The monoisotopic (exact) mass is 344 g/mol. The first-order valence-electron chi connectivity index (χ1n) is 6.64. The maximum atomic E-state index is 12.9. The Labute approximate surface area is 133 Å². The number of nitrogens with one attached hydrogen (secondary N) is 2. The fourth-order valence-corrected chi connectivity index (χ4v) is 1.79. The number of alkyl halides is 4. The number of anilines is 2. The van der Waals surface area contributed by atoms with Gasteiger partial charge in [0.05, 0.1) is 6.26 Å². The SMILES string of the molecule is Cc1cc(NC(=O)C(F)(F)C(F)F)ccc1NC(=O)c1ccco1. The number of rotatable bonds is 5. The number of hydrogen-bond acceptors (Lipinski definition) is 3. The predicted molar refractivity (Wildman–Crippen MR) is 77.4 cm³/mol. The van der Waals surface area contributed by atoms with Crippen LogP contribution in [0.4, 0.5) is 28.9 Å². The van der Waals surface area contributed by atoms with Gasteiger partial charge in [-0.1, -0.05) is 0 Å². The van der Waals surface area contributed by atoms with Gasteiger partial charge < -0.3 is 15.1 Å². The van der Waals surface area contributed by atoms with E-state index in [4.69, 9.17) is 4.42 Å². The van der Waals surface area contributed by atoms with E-state index >= 15 is 0 Å². The van der Waals surface area contributed by atoms with Crippen molar-refractivity contribution < 1.29 is 31.6 Å². The number of aryl methyl sites for hydroxylation is 1. The van der Waals surface area contributed by atoms with Crippen LogP contribution < -0.4 is 10.6 Å². The first-order chi connectivity index (χ1) is 11.2.